The van der Waals surface area contributed by atoms with Crippen LogP contribution in [-0.2, 0) is 4.79 Å². The molecule has 0 aliphatic rings. The van der Waals surface area contributed by atoms with Crippen molar-refractivity contribution in [3.05, 3.63) is 93.5 Å². The van der Waals surface area contributed by atoms with Gasteiger partial charge in [-0.05, 0) is 45.8 Å². The van der Waals surface area contributed by atoms with Crippen molar-refractivity contribution in [1.29, 1.82) is 0 Å². The Morgan fingerprint density at radius 2 is 1.71 bits per heavy atom. The van der Waals surface area contributed by atoms with Gasteiger partial charge in [0.15, 0.2) is 0 Å². The first-order valence-corrected chi connectivity index (χ1v) is 9.72. The minimum absolute atomic E-state index is 0.0535. The zero-order chi connectivity index (χ0) is 19.9. The van der Waals surface area contributed by atoms with E-state index in [0.29, 0.717) is 16.4 Å². The third-order valence-electron chi connectivity index (χ3n) is 4.01. The summed E-state index contributed by atoms with van der Waals surface area (Å²) < 4.78 is 0.819. The summed E-state index contributed by atoms with van der Waals surface area (Å²) in [5, 5.41) is 6.01. The Balaban J connectivity index is 1.76. The van der Waals surface area contributed by atoms with E-state index in [-0.39, 0.29) is 18.2 Å². The first kappa shape index (κ1) is 20.0. The molecule has 28 heavy (non-hydrogen) atoms. The molecule has 142 valence electrons. The van der Waals surface area contributed by atoms with Crippen molar-refractivity contribution in [1.82, 2.24) is 10.3 Å². The SMILES string of the molecule is O=C(CC(NC(=O)c1ccccc1Cl)c1ccccc1)Nc1ccc(Br)cn1. The van der Waals surface area contributed by atoms with Crippen molar-refractivity contribution in [2.24, 2.45) is 0 Å². The average Bonchev–Trinajstić information content (AvgIpc) is 2.70. The summed E-state index contributed by atoms with van der Waals surface area (Å²) in [7, 11) is 0. The number of pyridine rings is 1. The highest BCUT2D eigenvalue weighted by Crippen LogP contribution is 2.21. The average molecular weight is 459 g/mol. The largest absolute Gasteiger partial charge is 0.345 e. The van der Waals surface area contributed by atoms with Gasteiger partial charge in [-0.15, -0.1) is 0 Å². The highest BCUT2D eigenvalue weighted by atomic mass is 79.9. The number of hydrogen-bond donors (Lipinski definition) is 2. The Morgan fingerprint density at radius 1 is 1.00 bits per heavy atom. The molecule has 1 atom stereocenters. The van der Waals surface area contributed by atoms with E-state index < -0.39 is 6.04 Å². The molecule has 0 spiro atoms. The summed E-state index contributed by atoms with van der Waals surface area (Å²) in [6.07, 6.45) is 1.65. The van der Waals surface area contributed by atoms with Crippen LogP contribution in [0.25, 0.3) is 0 Å². The summed E-state index contributed by atoms with van der Waals surface area (Å²) in [6, 6.07) is 19.1. The van der Waals surface area contributed by atoms with Gasteiger partial charge >= 0.3 is 0 Å². The molecule has 1 unspecified atom stereocenters. The first-order chi connectivity index (χ1) is 13.5. The van der Waals surface area contributed by atoms with Gasteiger partial charge in [0.25, 0.3) is 5.91 Å². The van der Waals surface area contributed by atoms with Gasteiger partial charge < -0.3 is 10.6 Å². The third-order valence-corrected chi connectivity index (χ3v) is 4.81. The minimum atomic E-state index is -0.513. The number of nitrogens with one attached hydrogen (secondary N) is 2. The van der Waals surface area contributed by atoms with Crippen molar-refractivity contribution in [2.45, 2.75) is 12.5 Å². The molecule has 0 bridgehead atoms. The molecule has 0 fully saturated rings. The standard InChI is InChI=1S/C21H17BrClN3O2/c22-15-10-11-19(24-13-15)26-20(27)12-18(14-6-2-1-3-7-14)25-21(28)16-8-4-5-9-17(16)23/h1-11,13,18H,12H2,(H,25,28)(H,24,26,27). The maximum Gasteiger partial charge on any atom is 0.253 e. The van der Waals surface area contributed by atoms with Crippen LogP contribution in [0.15, 0.2) is 77.4 Å². The summed E-state index contributed by atoms with van der Waals surface area (Å²) >= 11 is 9.43. The molecule has 2 amide bonds. The van der Waals surface area contributed by atoms with Crippen molar-refractivity contribution in [3.63, 3.8) is 0 Å². The summed E-state index contributed by atoms with van der Waals surface area (Å²) in [5.41, 5.74) is 1.18. The number of nitrogens with zero attached hydrogens (tertiary/aromatic N) is 1. The molecule has 0 aliphatic heterocycles. The van der Waals surface area contributed by atoms with Crippen molar-refractivity contribution < 1.29 is 9.59 Å². The number of rotatable bonds is 6. The third kappa shape index (κ3) is 5.41. The quantitative estimate of drug-likeness (QED) is 0.546. The maximum atomic E-state index is 12.7. The van der Waals surface area contributed by atoms with Crippen LogP contribution in [0.3, 0.4) is 0 Å². The van der Waals surface area contributed by atoms with E-state index >= 15 is 0 Å². The summed E-state index contributed by atoms with van der Waals surface area (Å²) in [4.78, 5) is 29.3. The molecule has 0 aliphatic carbocycles. The normalized spacial score (nSPS) is 11.5. The van der Waals surface area contributed by atoms with Crippen LogP contribution >= 0.6 is 27.5 Å². The molecule has 7 heteroatoms. The minimum Gasteiger partial charge on any atom is -0.345 e. The second-order valence-electron chi connectivity index (χ2n) is 6.03. The lowest BCUT2D eigenvalue weighted by atomic mass is 10.0. The number of hydrogen-bond acceptors (Lipinski definition) is 3. The molecule has 0 radical (unpaired) electrons. The zero-order valence-corrected chi connectivity index (χ0v) is 17.1. The Bertz CT molecular complexity index is 965. The lowest BCUT2D eigenvalue weighted by Gasteiger charge is -2.19. The molecule has 2 aromatic carbocycles. The fraction of sp³-hybridized carbons (Fsp3) is 0.0952. The molecule has 0 saturated carbocycles. The molecule has 1 heterocycles. The number of carbonyl (C=O) groups excluding carboxylic acids is 2. The maximum absolute atomic E-state index is 12.7. The highest BCUT2D eigenvalue weighted by molar-refractivity contribution is 9.10. The zero-order valence-electron chi connectivity index (χ0n) is 14.7. The van der Waals surface area contributed by atoms with Crippen molar-refractivity contribution >= 4 is 45.2 Å². The second-order valence-corrected chi connectivity index (χ2v) is 7.35. The van der Waals surface area contributed by atoms with Crippen LogP contribution in [0.5, 0.6) is 0 Å². The molecule has 5 nitrogen and oxygen atoms in total. The van der Waals surface area contributed by atoms with Crippen LogP contribution < -0.4 is 10.6 Å². The van der Waals surface area contributed by atoms with Crippen LogP contribution in [0, 0.1) is 0 Å². The Hall–Kier alpha value is -2.70. The van der Waals surface area contributed by atoms with Crippen LogP contribution in [-0.4, -0.2) is 16.8 Å². The summed E-state index contributed by atoms with van der Waals surface area (Å²) in [5.74, 6) is -0.158. The molecular formula is C21H17BrClN3O2. The number of anilines is 1. The molecule has 0 saturated heterocycles. The molecule has 3 aromatic rings. The van der Waals surface area contributed by atoms with Crippen LogP contribution in [0.1, 0.15) is 28.4 Å². The Kier molecular flexibility index (Phi) is 6.79. The highest BCUT2D eigenvalue weighted by Gasteiger charge is 2.20. The number of amides is 2. The van der Waals surface area contributed by atoms with Gasteiger partial charge in [0, 0.05) is 10.7 Å². The van der Waals surface area contributed by atoms with Gasteiger partial charge in [0.2, 0.25) is 5.91 Å². The smallest absolute Gasteiger partial charge is 0.253 e. The molecular weight excluding hydrogens is 442 g/mol. The topological polar surface area (TPSA) is 71.1 Å². The Labute approximate surface area is 176 Å². The lowest BCUT2D eigenvalue weighted by Crippen LogP contribution is -2.31. The van der Waals surface area contributed by atoms with Gasteiger partial charge in [-0.25, -0.2) is 4.98 Å². The predicted molar refractivity (Wildman–Crippen MR) is 113 cm³/mol. The van der Waals surface area contributed by atoms with Gasteiger partial charge in [-0.3, -0.25) is 9.59 Å². The van der Waals surface area contributed by atoms with E-state index in [1.807, 2.05) is 30.3 Å². The van der Waals surface area contributed by atoms with Gasteiger partial charge in [0.1, 0.15) is 5.82 Å². The van der Waals surface area contributed by atoms with Crippen molar-refractivity contribution in [2.75, 3.05) is 5.32 Å². The lowest BCUT2D eigenvalue weighted by molar-refractivity contribution is -0.116. The second kappa shape index (κ2) is 9.48. The van der Waals surface area contributed by atoms with Gasteiger partial charge in [0.05, 0.1) is 23.0 Å². The van der Waals surface area contributed by atoms with E-state index in [1.165, 1.54) is 0 Å². The van der Waals surface area contributed by atoms with E-state index in [9.17, 15) is 9.59 Å². The van der Waals surface area contributed by atoms with E-state index in [1.54, 1.807) is 42.6 Å². The number of aromatic nitrogens is 1. The van der Waals surface area contributed by atoms with E-state index in [4.69, 9.17) is 11.6 Å². The van der Waals surface area contributed by atoms with Crippen molar-refractivity contribution in [3.8, 4) is 0 Å². The fourth-order valence-corrected chi connectivity index (χ4v) is 3.10. The van der Waals surface area contributed by atoms with Crippen LogP contribution in [0.4, 0.5) is 5.82 Å². The molecule has 3 rings (SSSR count). The fourth-order valence-electron chi connectivity index (χ4n) is 2.65. The number of halogens is 2. The number of benzene rings is 2. The van der Waals surface area contributed by atoms with Gasteiger partial charge in [-0.1, -0.05) is 54.1 Å². The monoisotopic (exact) mass is 457 g/mol. The summed E-state index contributed by atoms with van der Waals surface area (Å²) in [6.45, 7) is 0. The predicted octanol–water partition coefficient (Wildman–Crippen LogP) is 5.00. The van der Waals surface area contributed by atoms with E-state index in [0.717, 1.165) is 10.0 Å². The van der Waals surface area contributed by atoms with E-state index in [2.05, 4.69) is 31.5 Å². The van der Waals surface area contributed by atoms with Crippen LogP contribution in [0.2, 0.25) is 5.02 Å². The van der Waals surface area contributed by atoms with Gasteiger partial charge in [-0.2, -0.15) is 0 Å². The number of carbonyl (C=O) groups is 2. The molecule has 2 N–H and O–H groups in total. The first-order valence-electron chi connectivity index (χ1n) is 8.54. The molecule has 1 aromatic heterocycles. The Morgan fingerprint density at radius 3 is 2.39 bits per heavy atom.